The molecule has 1 amide bonds. The largest absolute Gasteiger partial charge is 0.378 e. The molecule has 0 aromatic carbocycles. The molecule has 0 atom stereocenters. The van der Waals surface area contributed by atoms with Gasteiger partial charge in [-0.05, 0) is 12.8 Å². The molecular formula is C13H20N4O2. The van der Waals surface area contributed by atoms with Crippen molar-refractivity contribution < 1.29 is 9.53 Å². The van der Waals surface area contributed by atoms with Gasteiger partial charge in [-0.25, -0.2) is 4.98 Å². The minimum absolute atomic E-state index is 0.147. The smallest absolute Gasteiger partial charge is 0.242 e. The lowest BCUT2D eigenvalue weighted by molar-refractivity contribution is -0.135. The van der Waals surface area contributed by atoms with Crippen LogP contribution < -0.4 is 5.32 Å². The number of hydrogen-bond acceptors (Lipinski definition) is 4. The van der Waals surface area contributed by atoms with Gasteiger partial charge in [-0.3, -0.25) is 4.79 Å². The summed E-state index contributed by atoms with van der Waals surface area (Å²) in [5.41, 5.74) is 0. The van der Waals surface area contributed by atoms with E-state index in [1.54, 1.807) is 6.20 Å². The van der Waals surface area contributed by atoms with Gasteiger partial charge in [0.25, 0.3) is 0 Å². The van der Waals surface area contributed by atoms with Crippen LogP contribution in [0, 0.1) is 0 Å². The van der Waals surface area contributed by atoms with Crippen molar-refractivity contribution in [3.8, 4) is 0 Å². The van der Waals surface area contributed by atoms with E-state index in [4.69, 9.17) is 4.74 Å². The second kappa shape index (κ2) is 5.71. The number of hydrogen-bond donors (Lipinski definition) is 1. The Morgan fingerprint density at radius 2 is 2.21 bits per heavy atom. The Bertz CT molecular complexity index is 436. The third kappa shape index (κ3) is 3.33. The van der Waals surface area contributed by atoms with Gasteiger partial charge < -0.3 is 19.5 Å². The van der Waals surface area contributed by atoms with Crippen molar-refractivity contribution in [3.63, 3.8) is 0 Å². The second-order valence-corrected chi connectivity index (χ2v) is 5.12. The Hall–Kier alpha value is -1.40. The van der Waals surface area contributed by atoms with Crippen molar-refractivity contribution in [3.05, 3.63) is 18.2 Å². The summed E-state index contributed by atoms with van der Waals surface area (Å²) in [7, 11) is 0. The predicted octanol–water partition coefficient (Wildman–Crippen LogP) is -0.00610. The lowest BCUT2D eigenvalue weighted by atomic mass is 10.4. The number of rotatable bonds is 5. The van der Waals surface area contributed by atoms with Gasteiger partial charge in [0.15, 0.2) is 0 Å². The van der Waals surface area contributed by atoms with Gasteiger partial charge in [-0.2, -0.15) is 0 Å². The lowest BCUT2D eigenvalue weighted by Crippen LogP contribution is -2.42. The van der Waals surface area contributed by atoms with Gasteiger partial charge in [-0.1, -0.05) is 0 Å². The topological polar surface area (TPSA) is 59.4 Å². The molecule has 0 radical (unpaired) electrons. The van der Waals surface area contributed by atoms with Crippen molar-refractivity contribution in [1.82, 2.24) is 19.8 Å². The monoisotopic (exact) mass is 264 g/mol. The average Bonchev–Trinajstić information content (AvgIpc) is 3.18. The molecule has 1 saturated carbocycles. The Balaban J connectivity index is 1.55. The zero-order chi connectivity index (χ0) is 13.1. The van der Waals surface area contributed by atoms with Gasteiger partial charge in [0.2, 0.25) is 5.91 Å². The fourth-order valence-electron chi connectivity index (χ4n) is 2.23. The number of ether oxygens (including phenoxy) is 1. The van der Waals surface area contributed by atoms with Gasteiger partial charge in [-0.15, -0.1) is 0 Å². The first-order valence-electron chi connectivity index (χ1n) is 6.92. The van der Waals surface area contributed by atoms with Crippen LogP contribution in [-0.2, 0) is 22.6 Å². The van der Waals surface area contributed by atoms with Crippen molar-refractivity contribution >= 4 is 5.91 Å². The van der Waals surface area contributed by atoms with Gasteiger partial charge >= 0.3 is 0 Å². The van der Waals surface area contributed by atoms with Gasteiger partial charge in [0.05, 0.1) is 19.8 Å². The van der Waals surface area contributed by atoms with Crippen LogP contribution >= 0.6 is 0 Å². The Kier molecular flexibility index (Phi) is 3.79. The minimum Gasteiger partial charge on any atom is -0.378 e. The zero-order valence-electron chi connectivity index (χ0n) is 11.0. The molecule has 6 nitrogen and oxygen atoms in total. The van der Waals surface area contributed by atoms with E-state index < -0.39 is 0 Å². The number of morpholine rings is 1. The maximum absolute atomic E-state index is 12.2. The summed E-state index contributed by atoms with van der Waals surface area (Å²) < 4.78 is 7.20. The lowest BCUT2D eigenvalue weighted by Gasteiger charge is -2.27. The van der Waals surface area contributed by atoms with Crippen LogP contribution in [0.5, 0.6) is 0 Å². The van der Waals surface area contributed by atoms with Crippen LogP contribution in [0.4, 0.5) is 0 Å². The second-order valence-electron chi connectivity index (χ2n) is 5.12. The Morgan fingerprint density at radius 3 is 2.95 bits per heavy atom. The molecule has 0 unspecified atom stereocenters. The Labute approximate surface area is 112 Å². The maximum atomic E-state index is 12.2. The summed E-state index contributed by atoms with van der Waals surface area (Å²) in [5, 5.41) is 3.42. The molecule has 3 rings (SSSR count). The van der Waals surface area contributed by atoms with Crippen LogP contribution in [0.3, 0.4) is 0 Å². The highest BCUT2D eigenvalue weighted by Crippen LogP contribution is 2.19. The molecule has 2 aliphatic rings. The molecule has 6 heteroatoms. The van der Waals surface area contributed by atoms with Crippen LogP contribution in [0.1, 0.15) is 18.7 Å². The highest BCUT2D eigenvalue weighted by Gasteiger charge is 2.22. The SMILES string of the molecule is O=C(Cn1ccnc1CNC1CC1)N1CCOCC1. The molecule has 104 valence electrons. The van der Waals surface area contributed by atoms with Crippen molar-refractivity contribution in [2.45, 2.75) is 32.0 Å². The summed E-state index contributed by atoms with van der Waals surface area (Å²) in [6.07, 6.45) is 6.15. The molecule has 1 N–H and O–H groups in total. The van der Waals surface area contributed by atoms with E-state index >= 15 is 0 Å². The summed E-state index contributed by atoms with van der Waals surface area (Å²) in [4.78, 5) is 18.4. The Morgan fingerprint density at radius 1 is 1.42 bits per heavy atom. The molecule has 1 saturated heterocycles. The molecule has 19 heavy (non-hydrogen) atoms. The van der Waals surface area contributed by atoms with E-state index in [0.29, 0.717) is 38.9 Å². The van der Waals surface area contributed by atoms with Crippen LogP contribution in [0.2, 0.25) is 0 Å². The van der Waals surface area contributed by atoms with E-state index in [1.807, 2.05) is 15.7 Å². The number of carbonyl (C=O) groups excluding carboxylic acids is 1. The highest BCUT2D eigenvalue weighted by atomic mass is 16.5. The first-order valence-corrected chi connectivity index (χ1v) is 6.92. The molecule has 2 fully saturated rings. The van der Waals surface area contributed by atoms with Crippen LogP contribution in [0.15, 0.2) is 12.4 Å². The number of nitrogens with one attached hydrogen (secondary N) is 1. The number of aromatic nitrogens is 2. The minimum atomic E-state index is 0.147. The van der Waals surface area contributed by atoms with E-state index in [1.165, 1.54) is 12.8 Å². The molecule has 1 aliphatic carbocycles. The summed E-state index contributed by atoms with van der Waals surface area (Å²) in [5.74, 6) is 1.09. The molecule has 1 aromatic rings. The molecular weight excluding hydrogens is 244 g/mol. The first-order chi connectivity index (χ1) is 9.33. The molecule has 0 spiro atoms. The van der Waals surface area contributed by atoms with Crippen molar-refractivity contribution in [1.29, 1.82) is 0 Å². The third-order valence-corrected chi connectivity index (χ3v) is 3.60. The number of amides is 1. The molecule has 2 heterocycles. The molecule has 1 aromatic heterocycles. The first kappa shape index (κ1) is 12.6. The zero-order valence-corrected chi connectivity index (χ0v) is 11.0. The standard InChI is InChI=1S/C13H20N4O2/c18-13(16-5-7-19-8-6-16)10-17-4-3-14-12(17)9-15-11-1-2-11/h3-4,11,15H,1-2,5-10H2. The molecule has 0 bridgehead atoms. The predicted molar refractivity (Wildman–Crippen MR) is 69.5 cm³/mol. The maximum Gasteiger partial charge on any atom is 0.242 e. The van der Waals surface area contributed by atoms with Crippen molar-refractivity contribution in [2.24, 2.45) is 0 Å². The van der Waals surface area contributed by atoms with Gasteiger partial charge in [0.1, 0.15) is 12.4 Å². The summed E-state index contributed by atoms with van der Waals surface area (Å²) in [6, 6.07) is 0.653. The van der Waals surface area contributed by atoms with E-state index in [-0.39, 0.29) is 5.91 Å². The van der Waals surface area contributed by atoms with E-state index in [2.05, 4.69) is 10.3 Å². The number of imidazole rings is 1. The summed E-state index contributed by atoms with van der Waals surface area (Å²) in [6.45, 7) is 3.81. The summed E-state index contributed by atoms with van der Waals surface area (Å²) >= 11 is 0. The van der Waals surface area contributed by atoms with Crippen molar-refractivity contribution in [2.75, 3.05) is 26.3 Å². The van der Waals surface area contributed by atoms with E-state index in [9.17, 15) is 4.79 Å². The highest BCUT2D eigenvalue weighted by molar-refractivity contribution is 5.76. The van der Waals surface area contributed by atoms with Crippen LogP contribution in [-0.4, -0.2) is 52.7 Å². The molecule has 1 aliphatic heterocycles. The fourth-order valence-corrected chi connectivity index (χ4v) is 2.23. The fraction of sp³-hybridized carbons (Fsp3) is 0.692. The average molecular weight is 264 g/mol. The number of nitrogens with zero attached hydrogens (tertiary/aromatic N) is 3. The number of carbonyl (C=O) groups is 1. The normalized spacial score (nSPS) is 19.7. The van der Waals surface area contributed by atoms with Crippen LogP contribution in [0.25, 0.3) is 0 Å². The van der Waals surface area contributed by atoms with E-state index in [0.717, 1.165) is 12.4 Å². The quantitative estimate of drug-likeness (QED) is 0.813. The van der Waals surface area contributed by atoms with Gasteiger partial charge in [0, 0.05) is 31.5 Å². The third-order valence-electron chi connectivity index (χ3n) is 3.60.